The highest BCUT2D eigenvalue weighted by molar-refractivity contribution is 7.98. The Morgan fingerprint density at radius 1 is 0.979 bits per heavy atom. The number of fused-ring (bicyclic) bond motifs is 1. The topological polar surface area (TPSA) is 58.4 Å². The molecule has 48 heavy (non-hydrogen) atoms. The number of benzene rings is 3. The number of nitrogens with zero attached hydrogens (tertiary/aromatic N) is 4. The summed E-state index contributed by atoms with van der Waals surface area (Å²) in [5, 5.41) is -0.693. The SMILES string of the molecule is [2H]C([2H])(Sc1nc(=O)c2c(n1CC(=O)N(CCN(C([2H])([2H])C)C([2H])([2H])C)C([2H])([2H])c1ccc(-c3ccc(C(F)(F)F)cc3)cc1)C([2H])([2H])C([2H])(C)C2([2H])[2H])c1ccc(F)cc1. The molecule has 0 N–H and O–H groups in total. The fourth-order valence-electron chi connectivity index (χ4n) is 4.76. The predicted molar refractivity (Wildman–Crippen MR) is 181 cm³/mol. The molecule has 11 heteroatoms. The quantitative estimate of drug-likeness (QED) is 0.0827. The first-order valence-corrected chi connectivity index (χ1v) is 15.4. The molecule has 0 bridgehead atoms. The van der Waals surface area contributed by atoms with Crippen LogP contribution in [0.2, 0.25) is 0 Å². The fourth-order valence-corrected chi connectivity index (χ4v) is 5.50. The number of carbonyl (C=O) groups excluding carboxylic acids is 1. The second-order valence-corrected chi connectivity index (χ2v) is 11.3. The van der Waals surface area contributed by atoms with E-state index in [1.54, 1.807) is 0 Å². The van der Waals surface area contributed by atoms with E-state index in [9.17, 15) is 29.9 Å². The Bertz CT molecular complexity index is 2320. The third-order valence-electron chi connectivity index (χ3n) is 7.25. The highest BCUT2D eigenvalue weighted by Crippen LogP contribution is 2.32. The third-order valence-corrected chi connectivity index (χ3v) is 8.08. The lowest BCUT2D eigenvalue weighted by molar-refractivity contribution is -0.137. The Kier molecular flexibility index (Phi) is 7.07. The van der Waals surface area contributed by atoms with Crippen LogP contribution >= 0.6 is 11.8 Å². The van der Waals surface area contributed by atoms with Gasteiger partial charge in [0.15, 0.2) is 5.16 Å². The van der Waals surface area contributed by atoms with Crippen molar-refractivity contribution in [3.05, 3.63) is 117 Å². The van der Waals surface area contributed by atoms with Gasteiger partial charge in [-0.25, -0.2) is 4.39 Å². The van der Waals surface area contributed by atoms with Gasteiger partial charge in [0, 0.05) is 51.6 Å². The van der Waals surface area contributed by atoms with Gasteiger partial charge in [0.25, 0.3) is 5.56 Å². The van der Waals surface area contributed by atoms with Crippen molar-refractivity contribution in [3.63, 3.8) is 0 Å². The van der Waals surface area contributed by atoms with Gasteiger partial charge in [0.1, 0.15) is 12.4 Å². The monoisotopic (exact) mass is 693 g/mol. The Balaban J connectivity index is 1.66. The number of hydrogen-bond donors (Lipinski definition) is 0. The molecule has 0 radical (unpaired) electrons. The molecule has 1 aliphatic carbocycles. The zero-order valence-electron chi connectivity index (χ0n) is 39.1. The van der Waals surface area contributed by atoms with E-state index in [1.165, 1.54) is 36.4 Å². The maximum Gasteiger partial charge on any atom is 0.416 e. The number of rotatable bonds is 13. The minimum absolute atomic E-state index is 0.157. The van der Waals surface area contributed by atoms with Gasteiger partial charge in [0.05, 0.1) is 8.30 Å². The minimum Gasteiger partial charge on any atom is -0.336 e. The van der Waals surface area contributed by atoms with E-state index in [-0.39, 0.29) is 22.9 Å². The molecule has 6 nitrogen and oxygen atoms in total. The molecule has 254 valence electrons. The summed E-state index contributed by atoms with van der Waals surface area (Å²) in [4.78, 5) is 33.5. The van der Waals surface area contributed by atoms with Crippen molar-refractivity contribution in [3.8, 4) is 11.1 Å². The summed E-state index contributed by atoms with van der Waals surface area (Å²) in [7, 11) is 0. The molecule has 1 heterocycles. The second-order valence-electron chi connectivity index (χ2n) is 10.5. The van der Waals surface area contributed by atoms with E-state index in [2.05, 4.69) is 4.98 Å². The Hall–Kier alpha value is -3.96. The number of halogens is 4. The van der Waals surface area contributed by atoms with Crippen LogP contribution in [0.5, 0.6) is 0 Å². The molecule has 0 saturated heterocycles. The van der Waals surface area contributed by atoms with Crippen LogP contribution in [0.4, 0.5) is 17.6 Å². The summed E-state index contributed by atoms with van der Waals surface area (Å²) in [6.07, 6.45) is -10.7. The molecule has 5 rings (SSSR count). The summed E-state index contributed by atoms with van der Waals surface area (Å²) in [6, 6.07) is 13.5. The largest absolute Gasteiger partial charge is 0.416 e. The number of hydrogen-bond acceptors (Lipinski definition) is 5. The zero-order chi connectivity index (χ0) is 46.1. The Morgan fingerprint density at radius 3 is 2.19 bits per heavy atom. The van der Waals surface area contributed by atoms with E-state index in [0.29, 0.717) is 25.5 Å². The summed E-state index contributed by atoms with van der Waals surface area (Å²) in [5.74, 6) is -4.70. The van der Waals surface area contributed by atoms with Crippen molar-refractivity contribution >= 4 is 17.7 Å². The highest BCUT2D eigenvalue weighted by Gasteiger charge is 2.30. The Morgan fingerprint density at radius 2 is 1.58 bits per heavy atom. The highest BCUT2D eigenvalue weighted by atomic mass is 32.2. The van der Waals surface area contributed by atoms with Gasteiger partial charge in [-0.2, -0.15) is 18.2 Å². The standard InChI is InChI=1S/C37H40F4N4O2S/c1-4-43(5-2)18-19-44(22-26-6-10-28(11-7-26)29-12-14-30(15-13-29)37(39,40)41)34(46)23-45-33-21-25(3)20-32(33)35(47)42-36(45)48-24-27-8-16-31(38)17-9-27/h6-17,25H,4-5,18-24H2,1-3H3/i4D2,5D2,20D2,21D2,22D2,24D2,25D. The molecule has 4 aromatic rings. The molecule has 3 aromatic carbocycles. The summed E-state index contributed by atoms with van der Waals surface area (Å²) < 4.78 is 167. The van der Waals surface area contributed by atoms with Crippen LogP contribution in [0.3, 0.4) is 0 Å². The van der Waals surface area contributed by atoms with Gasteiger partial charge in [0.2, 0.25) is 5.91 Å². The number of likely N-dealkylation sites (N-methyl/N-ethyl adjacent to an activating group) is 1. The maximum absolute atomic E-state index is 14.7. The van der Waals surface area contributed by atoms with Crippen LogP contribution in [0.15, 0.2) is 82.7 Å². The first kappa shape index (κ1) is 21.9. The van der Waals surface area contributed by atoms with Crippen LogP contribution in [0, 0.1) is 11.7 Å². The van der Waals surface area contributed by atoms with Gasteiger partial charge in [-0.1, -0.05) is 81.1 Å². The molecule has 0 spiro atoms. The molecular formula is C37H40F4N4O2S. The van der Waals surface area contributed by atoms with Crippen LogP contribution < -0.4 is 5.56 Å². The van der Waals surface area contributed by atoms with Crippen LogP contribution in [-0.4, -0.2) is 51.3 Å². The minimum atomic E-state index is -4.59. The van der Waals surface area contributed by atoms with Gasteiger partial charge >= 0.3 is 6.18 Å². The van der Waals surface area contributed by atoms with Gasteiger partial charge in [-0.15, -0.1) is 0 Å². The lowest BCUT2D eigenvalue weighted by atomic mass is 10.0. The van der Waals surface area contributed by atoms with Crippen LogP contribution in [-0.2, 0) is 42.5 Å². The van der Waals surface area contributed by atoms with Crippen molar-refractivity contribution in [2.24, 2.45) is 5.89 Å². The lowest BCUT2D eigenvalue weighted by Gasteiger charge is -2.28. The smallest absolute Gasteiger partial charge is 0.336 e. The number of carbonyl (C=O) groups is 1. The molecule has 1 atom stereocenters. The predicted octanol–water partition coefficient (Wildman–Crippen LogP) is 7.47. The van der Waals surface area contributed by atoms with Crippen molar-refractivity contribution in [1.82, 2.24) is 19.4 Å². The number of aromatic nitrogens is 2. The summed E-state index contributed by atoms with van der Waals surface area (Å²) in [6.45, 7) is -7.25. The molecule has 0 aliphatic heterocycles. The van der Waals surface area contributed by atoms with Crippen molar-refractivity contribution in [2.45, 2.75) is 63.6 Å². The van der Waals surface area contributed by atoms with Crippen LogP contribution in [0.1, 0.15) is 66.5 Å². The first-order valence-electron chi connectivity index (χ1n) is 21.1. The molecular weight excluding hydrogens is 640 g/mol. The molecule has 0 fully saturated rings. The van der Waals surface area contributed by atoms with Crippen LogP contribution in [0.25, 0.3) is 11.1 Å². The van der Waals surface area contributed by atoms with Crippen molar-refractivity contribution < 1.29 is 40.2 Å². The second kappa shape index (κ2) is 15.5. The summed E-state index contributed by atoms with van der Waals surface area (Å²) >= 11 is 0.175. The molecule has 1 amide bonds. The van der Waals surface area contributed by atoms with E-state index in [1.807, 2.05) is 0 Å². The van der Waals surface area contributed by atoms with Gasteiger partial charge in [-0.05, 0) is 78.2 Å². The molecule has 0 saturated carbocycles. The number of amides is 1. The average Bonchev–Trinajstić information content (AvgIpc) is 3.23. The fraction of sp³-hybridized carbons (Fsp3) is 0.378. The van der Waals surface area contributed by atoms with Crippen molar-refractivity contribution in [2.75, 3.05) is 26.1 Å². The molecule has 1 unspecified atom stereocenters. The van der Waals surface area contributed by atoms with E-state index in [4.69, 9.17) is 15.1 Å². The maximum atomic E-state index is 14.7. The third kappa shape index (κ3) is 8.73. The summed E-state index contributed by atoms with van der Waals surface area (Å²) in [5.41, 5.74) is -6.32. The lowest BCUT2D eigenvalue weighted by Crippen LogP contribution is -2.40. The number of thioether (sulfide) groups is 1. The van der Waals surface area contributed by atoms with Gasteiger partial charge in [-0.3, -0.25) is 9.59 Å². The molecule has 1 aromatic heterocycles. The average molecular weight is 694 g/mol. The van der Waals surface area contributed by atoms with E-state index < -0.39 is 109 Å². The van der Waals surface area contributed by atoms with Gasteiger partial charge < -0.3 is 14.4 Å². The van der Waals surface area contributed by atoms with E-state index >= 15 is 0 Å². The normalized spacial score (nSPS) is 23.2. The molecule has 1 aliphatic rings. The first-order chi connectivity index (χ1) is 27.7. The zero-order valence-corrected chi connectivity index (χ0v) is 26.9. The Labute approximate surface area is 301 Å². The number of alkyl halides is 3. The van der Waals surface area contributed by atoms with E-state index in [0.717, 1.165) is 57.2 Å². The van der Waals surface area contributed by atoms with Crippen molar-refractivity contribution in [1.29, 1.82) is 0 Å².